The topological polar surface area (TPSA) is 58.2 Å². The van der Waals surface area contributed by atoms with Gasteiger partial charge in [0.2, 0.25) is 0 Å². The highest BCUT2D eigenvalue weighted by Gasteiger charge is 2.17. The number of aryl methyl sites for hydroxylation is 2. The van der Waals surface area contributed by atoms with Crippen molar-refractivity contribution in [2.75, 3.05) is 5.32 Å². The summed E-state index contributed by atoms with van der Waals surface area (Å²) < 4.78 is 0. The molecule has 2 amide bonds. The number of anilines is 1. The molecule has 0 aliphatic heterocycles. The van der Waals surface area contributed by atoms with Crippen LogP contribution in [0.4, 0.5) is 5.69 Å². The van der Waals surface area contributed by atoms with E-state index in [4.69, 9.17) is 0 Å². The zero-order valence-corrected chi connectivity index (χ0v) is 15.5. The van der Waals surface area contributed by atoms with Gasteiger partial charge in [0.1, 0.15) is 0 Å². The van der Waals surface area contributed by atoms with Gasteiger partial charge in [-0.05, 0) is 68.1 Å². The Morgan fingerprint density at radius 3 is 2.12 bits per heavy atom. The van der Waals surface area contributed by atoms with E-state index in [2.05, 4.69) is 16.7 Å². The Bertz CT molecular complexity index is 787. The van der Waals surface area contributed by atoms with Crippen LogP contribution in [0.2, 0.25) is 0 Å². The van der Waals surface area contributed by atoms with Gasteiger partial charge >= 0.3 is 0 Å². The molecule has 0 spiro atoms. The Morgan fingerprint density at radius 1 is 0.846 bits per heavy atom. The second-order valence-corrected chi connectivity index (χ2v) is 7.22. The molecule has 0 atom stereocenters. The van der Waals surface area contributed by atoms with E-state index in [-0.39, 0.29) is 17.9 Å². The molecule has 4 heteroatoms. The Balaban J connectivity index is 1.69. The maximum absolute atomic E-state index is 12.6. The second-order valence-electron chi connectivity index (χ2n) is 7.22. The van der Waals surface area contributed by atoms with Crippen LogP contribution in [0.3, 0.4) is 0 Å². The average Bonchev–Trinajstić information content (AvgIpc) is 2.62. The highest BCUT2D eigenvalue weighted by atomic mass is 16.2. The van der Waals surface area contributed by atoms with Crippen LogP contribution in [0.1, 0.15) is 63.9 Å². The van der Waals surface area contributed by atoms with E-state index in [9.17, 15) is 9.59 Å². The van der Waals surface area contributed by atoms with Crippen LogP contribution in [-0.2, 0) is 0 Å². The molecule has 1 aliphatic rings. The zero-order valence-electron chi connectivity index (χ0n) is 15.5. The summed E-state index contributed by atoms with van der Waals surface area (Å²) >= 11 is 0. The van der Waals surface area contributed by atoms with Gasteiger partial charge in [-0.3, -0.25) is 9.59 Å². The van der Waals surface area contributed by atoms with Crippen molar-refractivity contribution in [3.63, 3.8) is 0 Å². The third kappa shape index (κ3) is 4.72. The summed E-state index contributed by atoms with van der Waals surface area (Å²) in [6.07, 6.45) is 5.67. The summed E-state index contributed by atoms with van der Waals surface area (Å²) in [6, 6.07) is 13.1. The van der Waals surface area contributed by atoms with E-state index in [0.717, 1.165) is 29.7 Å². The molecule has 136 valence electrons. The Morgan fingerprint density at radius 2 is 1.46 bits per heavy atom. The van der Waals surface area contributed by atoms with Gasteiger partial charge in [0.25, 0.3) is 11.8 Å². The van der Waals surface area contributed by atoms with Crippen LogP contribution < -0.4 is 10.6 Å². The lowest BCUT2D eigenvalue weighted by Crippen LogP contribution is -2.36. The van der Waals surface area contributed by atoms with Crippen molar-refractivity contribution in [3.8, 4) is 0 Å². The first-order valence-corrected chi connectivity index (χ1v) is 9.32. The molecule has 1 aliphatic carbocycles. The third-order valence-corrected chi connectivity index (χ3v) is 4.81. The number of nitrogens with one attached hydrogen (secondary N) is 2. The van der Waals surface area contributed by atoms with Gasteiger partial charge in [-0.1, -0.05) is 31.4 Å². The van der Waals surface area contributed by atoms with Crippen molar-refractivity contribution in [1.29, 1.82) is 0 Å². The Kier molecular flexibility index (Phi) is 5.71. The maximum Gasteiger partial charge on any atom is 0.255 e. The van der Waals surface area contributed by atoms with Gasteiger partial charge in [0.15, 0.2) is 0 Å². The lowest BCUT2D eigenvalue weighted by molar-refractivity contribution is 0.0927. The van der Waals surface area contributed by atoms with Crippen molar-refractivity contribution in [3.05, 3.63) is 64.7 Å². The standard InChI is InChI=1S/C22H26N2O2/c1-15-11-16(2)13-20(12-15)24-22(26)18-8-6-7-17(14-18)21(25)23-19-9-4-3-5-10-19/h6-8,11-14,19H,3-5,9-10H2,1-2H3,(H,23,25)(H,24,26). The third-order valence-electron chi connectivity index (χ3n) is 4.81. The number of rotatable bonds is 4. The van der Waals surface area contributed by atoms with Crippen molar-refractivity contribution >= 4 is 17.5 Å². The van der Waals surface area contributed by atoms with Crippen molar-refractivity contribution in [2.45, 2.75) is 52.0 Å². The summed E-state index contributed by atoms with van der Waals surface area (Å²) in [7, 11) is 0. The smallest absolute Gasteiger partial charge is 0.255 e. The molecule has 0 radical (unpaired) electrons. The molecule has 1 fully saturated rings. The highest BCUT2D eigenvalue weighted by molar-refractivity contribution is 6.06. The number of amides is 2. The molecule has 26 heavy (non-hydrogen) atoms. The first kappa shape index (κ1) is 18.2. The zero-order chi connectivity index (χ0) is 18.5. The number of hydrogen-bond donors (Lipinski definition) is 2. The largest absolute Gasteiger partial charge is 0.349 e. The molecular formula is C22H26N2O2. The first-order valence-electron chi connectivity index (χ1n) is 9.32. The molecule has 3 rings (SSSR count). The van der Waals surface area contributed by atoms with E-state index in [1.807, 2.05) is 26.0 Å². The van der Waals surface area contributed by atoms with E-state index in [1.165, 1.54) is 19.3 Å². The van der Waals surface area contributed by atoms with Crippen LogP contribution in [0.25, 0.3) is 0 Å². The molecule has 0 bridgehead atoms. The monoisotopic (exact) mass is 350 g/mol. The van der Waals surface area contributed by atoms with Crippen molar-refractivity contribution < 1.29 is 9.59 Å². The minimum atomic E-state index is -0.206. The van der Waals surface area contributed by atoms with Gasteiger partial charge in [-0.2, -0.15) is 0 Å². The predicted molar refractivity (Wildman–Crippen MR) is 105 cm³/mol. The number of hydrogen-bond acceptors (Lipinski definition) is 2. The molecule has 0 aromatic heterocycles. The fourth-order valence-electron chi connectivity index (χ4n) is 3.57. The van der Waals surface area contributed by atoms with E-state index in [1.54, 1.807) is 24.3 Å². The fraction of sp³-hybridized carbons (Fsp3) is 0.364. The van der Waals surface area contributed by atoms with Crippen LogP contribution in [0.15, 0.2) is 42.5 Å². The van der Waals surface area contributed by atoms with E-state index in [0.29, 0.717) is 11.1 Å². The number of benzene rings is 2. The van der Waals surface area contributed by atoms with Crippen molar-refractivity contribution in [2.24, 2.45) is 0 Å². The van der Waals surface area contributed by atoms with Gasteiger partial charge in [0.05, 0.1) is 0 Å². The van der Waals surface area contributed by atoms with Crippen LogP contribution in [-0.4, -0.2) is 17.9 Å². The molecule has 2 aromatic rings. The quantitative estimate of drug-likeness (QED) is 0.845. The van der Waals surface area contributed by atoms with Gasteiger partial charge in [-0.15, -0.1) is 0 Å². The maximum atomic E-state index is 12.6. The predicted octanol–water partition coefficient (Wildman–Crippen LogP) is 4.62. The highest BCUT2D eigenvalue weighted by Crippen LogP contribution is 2.19. The molecule has 0 heterocycles. The second kappa shape index (κ2) is 8.17. The summed E-state index contributed by atoms with van der Waals surface area (Å²) in [4.78, 5) is 25.1. The Hall–Kier alpha value is -2.62. The molecule has 0 saturated heterocycles. The minimum absolute atomic E-state index is 0.0991. The normalized spacial score (nSPS) is 14.7. The molecular weight excluding hydrogens is 324 g/mol. The molecule has 2 N–H and O–H groups in total. The van der Waals surface area contributed by atoms with Crippen LogP contribution in [0.5, 0.6) is 0 Å². The summed E-state index contributed by atoms with van der Waals surface area (Å²) in [6.45, 7) is 4.00. The van der Waals surface area contributed by atoms with Gasteiger partial charge < -0.3 is 10.6 Å². The van der Waals surface area contributed by atoms with E-state index < -0.39 is 0 Å². The number of carbonyl (C=O) groups excluding carboxylic acids is 2. The van der Waals surface area contributed by atoms with Crippen LogP contribution >= 0.6 is 0 Å². The lowest BCUT2D eigenvalue weighted by Gasteiger charge is -2.22. The summed E-state index contributed by atoms with van der Waals surface area (Å²) in [5.41, 5.74) is 3.98. The summed E-state index contributed by atoms with van der Waals surface area (Å²) in [5, 5.41) is 6.01. The first-order chi connectivity index (χ1) is 12.5. The molecule has 2 aromatic carbocycles. The minimum Gasteiger partial charge on any atom is -0.349 e. The van der Waals surface area contributed by atoms with Gasteiger partial charge in [-0.25, -0.2) is 0 Å². The number of carbonyl (C=O) groups is 2. The Labute approximate surface area is 155 Å². The summed E-state index contributed by atoms with van der Waals surface area (Å²) in [5.74, 6) is -0.305. The van der Waals surface area contributed by atoms with Crippen LogP contribution in [0, 0.1) is 13.8 Å². The van der Waals surface area contributed by atoms with Gasteiger partial charge in [0, 0.05) is 22.9 Å². The molecule has 1 saturated carbocycles. The SMILES string of the molecule is Cc1cc(C)cc(NC(=O)c2cccc(C(=O)NC3CCCCC3)c2)c1. The van der Waals surface area contributed by atoms with Crippen molar-refractivity contribution in [1.82, 2.24) is 5.32 Å². The molecule has 4 nitrogen and oxygen atoms in total. The lowest BCUT2D eigenvalue weighted by atomic mass is 9.95. The van der Waals surface area contributed by atoms with E-state index >= 15 is 0 Å². The molecule has 0 unspecified atom stereocenters. The average molecular weight is 350 g/mol. The fourth-order valence-corrected chi connectivity index (χ4v) is 3.57.